The highest BCUT2D eigenvalue weighted by atomic mass is 16.6. The van der Waals surface area contributed by atoms with Gasteiger partial charge in [0.2, 0.25) is 0 Å². The lowest BCUT2D eigenvalue weighted by atomic mass is 9.51. The van der Waals surface area contributed by atoms with Gasteiger partial charge in [-0.25, -0.2) is 0 Å². The minimum atomic E-state index is -0.528. The van der Waals surface area contributed by atoms with E-state index in [0.29, 0.717) is 0 Å². The Kier molecular flexibility index (Phi) is 3.46. The summed E-state index contributed by atoms with van der Waals surface area (Å²) < 4.78 is 5.86. The Morgan fingerprint density at radius 1 is 1.13 bits per heavy atom. The summed E-state index contributed by atoms with van der Waals surface area (Å²) >= 11 is 0. The van der Waals surface area contributed by atoms with Crippen LogP contribution in [0.1, 0.15) is 65.5 Å². The van der Waals surface area contributed by atoms with Gasteiger partial charge in [-0.2, -0.15) is 0 Å². The molecule has 0 amide bonds. The second kappa shape index (κ2) is 4.83. The van der Waals surface area contributed by atoms with Gasteiger partial charge in [0.25, 0.3) is 0 Å². The molecule has 1 saturated heterocycles. The molecule has 0 radical (unpaired) electrons. The molecule has 1 aliphatic heterocycles. The lowest BCUT2D eigenvalue weighted by Gasteiger charge is -2.59. The normalized spacial score (nSPS) is 32.1. The molecule has 0 spiro atoms. The van der Waals surface area contributed by atoms with Gasteiger partial charge in [-0.3, -0.25) is 4.79 Å². The first kappa shape index (κ1) is 16.5. The average molecular weight is 315 g/mol. The highest BCUT2D eigenvalue weighted by Crippen LogP contribution is 2.55. The summed E-state index contributed by atoms with van der Waals surface area (Å²) in [7, 11) is 0. The van der Waals surface area contributed by atoms with Crippen LogP contribution in [-0.2, 0) is 20.4 Å². The number of hydrogen-bond donors (Lipinski definition) is 1. The summed E-state index contributed by atoms with van der Waals surface area (Å²) in [6, 6.07) is 8.43. The number of esters is 1. The van der Waals surface area contributed by atoms with E-state index >= 15 is 0 Å². The van der Waals surface area contributed by atoms with Crippen molar-refractivity contribution in [1.82, 2.24) is 5.32 Å². The van der Waals surface area contributed by atoms with E-state index in [1.807, 2.05) is 26.8 Å². The highest BCUT2D eigenvalue weighted by Gasteiger charge is 2.60. The molecule has 1 aromatic rings. The second-order valence-electron chi connectivity index (χ2n) is 8.94. The molecule has 3 rings (SSSR count). The van der Waals surface area contributed by atoms with Crippen LogP contribution in [0.3, 0.4) is 0 Å². The summed E-state index contributed by atoms with van der Waals surface area (Å²) in [5.74, 6) is -0.0688. The molecule has 2 unspecified atom stereocenters. The maximum absolute atomic E-state index is 13.2. The number of benzene rings is 1. The van der Waals surface area contributed by atoms with Gasteiger partial charge < -0.3 is 10.1 Å². The van der Waals surface area contributed by atoms with Crippen LogP contribution in [0.15, 0.2) is 24.3 Å². The summed E-state index contributed by atoms with van der Waals surface area (Å²) in [6.07, 6.45) is 1.59. The highest BCUT2D eigenvalue weighted by molar-refractivity contribution is 5.85. The molecular formula is C20H29NO2. The van der Waals surface area contributed by atoms with Crippen LogP contribution in [0.25, 0.3) is 0 Å². The van der Waals surface area contributed by atoms with E-state index in [2.05, 4.69) is 44.3 Å². The number of hydrogen-bond acceptors (Lipinski definition) is 3. The molecule has 1 aliphatic carbocycles. The van der Waals surface area contributed by atoms with Crippen molar-refractivity contribution in [2.45, 2.75) is 76.4 Å². The van der Waals surface area contributed by atoms with Crippen molar-refractivity contribution in [3.8, 4) is 0 Å². The van der Waals surface area contributed by atoms with Crippen molar-refractivity contribution in [1.29, 1.82) is 0 Å². The Bertz CT molecular complexity index is 643. The summed E-state index contributed by atoms with van der Waals surface area (Å²) in [5.41, 5.74) is 1.30. The van der Waals surface area contributed by atoms with Crippen LogP contribution in [0.2, 0.25) is 0 Å². The van der Waals surface area contributed by atoms with Gasteiger partial charge in [-0.1, -0.05) is 38.1 Å². The van der Waals surface area contributed by atoms with Crippen molar-refractivity contribution in [2.75, 3.05) is 6.54 Å². The molecule has 2 bridgehead atoms. The molecule has 1 aromatic carbocycles. The molecule has 2 atom stereocenters. The zero-order valence-corrected chi connectivity index (χ0v) is 15.2. The van der Waals surface area contributed by atoms with E-state index < -0.39 is 11.0 Å². The number of carbonyl (C=O) groups is 1. The van der Waals surface area contributed by atoms with E-state index in [-0.39, 0.29) is 16.9 Å². The van der Waals surface area contributed by atoms with Crippen LogP contribution < -0.4 is 5.32 Å². The molecule has 126 valence electrons. The number of carbonyl (C=O) groups excluding carboxylic acids is 1. The Hall–Kier alpha value is -1.35. The smallest absolute Gasteiger partial charge is 0.317 e. The molecule has 1 heterocycles. The molecular weight excluding hydrogens is 286 g/mol. The lowest BCUT2D eigenvalue weighted by molar-refractivity contribution is -0.166. The maximum atomic E-state index is 13.2. The van der Waals surface area contributed by atoms with Gasteiger partial charge in [0.1, 0.15) is 5.60 Å². The van der Waals surface area contributed by atoms with E-state index in [1.54, 1.807) is 0 Å². The quantitative estimate of drug-likeness (QED) is 0.803. The summed E-state index contributed by atoms with van der Waals surface area (Å²) in [5, 5.41) is 3.69. The van der Waals surface area contributed by atoms with Crippen molar-refractivity contribution in [3.05, 3.63) is 35.4 Å². The summed E-state index contributed by atoms with van der Waals surface area (Å²) in [6.45, 7) is 13.5. The van der Waals surface area contributed by atoms with Gasteiger partial charge >= 0.3 is 5.97 Å². The second-order valence-corrected chi connectivity index (χ2v) is 8.94. The fourth-order valence-electron chi connectivity index (χ4n) is 4.38. The zero-order valence-electron chi connectivity index (χ0n) is 15.2. The molecule has 3 nitrogen and oxygen atoms in total. The first-order chi connectivity index (χ1) is 10.5. The third kappa shape index (κ3) is 2.32. The van der Waals surface area contributed by atoms with Crippen molar-refractivity contribution in [3.63, 3.8) is 0 Å². The Labute approximate surface area is 139 Å². The van der Waals surface area contributed by atoms with Gasteiger partial charge in [0, 0.05) is 11.0 Å². The monoisotopic (exact) mass is 315 g/mol. The van der Waals surface area contributed by atoms with Crippen molar-refractivity contribution >= 4 is 5.97 Å². The third-order valence-electron chi connectivity index (χ3n) is 6.01. The van der Waals surface area contributed by atoms with Crippen LogP contribution in [-0.4, -0.2) is 23.7 Å². The first-order valence-electron chi connectivity index (χ1n) is 8.60. The largest absolute Gasteiger partial charge is 0.459 e. The zero-order chi connectivity index (χ0) is 17.1. The standard InChI is InChI=1S/C20H29NO2/c1-17(2,3)23-16(22)20-11-12-21-19(6,13-20)18(4,5)14-9-7-8-10-15(14)20/h7-10,21H,11-13H2,1-6H3. The number of rotatable bonds is 1. The van der Waals surface area contributed by atoms with Crippen LogP contribution in [0.4, 0.5) is 0 Å². The minimum Gasteiger partial charge on any atom is -0.459 e. The number of piperidine rings is 1. The molecule has 2 aliphatic rings. The first-order valence-corrected chi connectivity index (χ1v) is 8.60. The van der Waals surface area contributed by atoms with Crippen LogP contribution >= 0.6 is 0 Å². The fourth-order valence-corrected chi connectivity index (χ4v) is 4.38. The molecule has 1 fully saturated rings. The Balaban J connectivity index is 2.19. The Morgan fingerprint density at radius 2 is 1.74 bits per heavy atom. The number of nitrogens with one attached hydrogen (secondary N) is 1. The molecule has 0 saturated carbocycles. The van der Waals surface area contributed by atoms with Gasteiger partial charge in [0.15, 0.2) is 0 Å². The topological polar surface area (TPSA) is 38.3 Å². The van der Waals surface area contributed by atoms with Crippen LogP contribution in [0.5, 0.6) is 0 Å². The van der Waals surface area contributed by atoms with E-state index in [9.17, 15) is 4.79 Å². The maximum Gasteiger partial charge on any atom is 0.317 e. The molecule has 23 heavy (non-hydrogen) atoms. The van der Waals surface area contributed by atoms with Gasteiger partial charge in [-0.05, 0) is 58.2 Å². The van der Waals surface area contributed by atoms with E-state index in [1.165, 1.54) is 11.1 Å². The lowest BCUT2D eigenvalue weighted by Crippen LogP contribution is -2.68. The van der Waals surface area contributed by atoms with E-state index in [0.717, 1.165) is 19.4 Å². The molecule has 3 heteroatoms. The molecule has 0 aromatic heterocycles. The Morgan fingerprint density at radius 3 is 2.35 bits per heavy atom. The summed E-state index contributed by atoms with van der Waals surface area (Å²) in [4.78, 5) is 13.2. The number of fused-ring (bicyclic) bond motifs is 4. The SMILES string of the molecule is CC(C)(C)OC(=O)C12CCNC(C)(C1)C(C)(C)c1ccccc12. The minimum absolute atomic E-state index is 0.0322. The molecule has 1 N–H and O–H groups in total. The average Bonchev–Trinajstić information content (AvgIpc) is 2.44. The van der Waals surface area contributed by atoms with Crippen molar-refractivity contribution < 1.29 is 9.53 Å². The van der Waals surface area contributed by atoms with E-state index in [4.69, 9.17) is 4.74 Å². The van der Waals surface area contributed by atoms with Gasteiger partial charge in [-0.15, -0.1) is 0 Å². The predicted molar refractivity (Wildman–Crippen MR) is 92.6 cm³/mol. The van der Waals surface area contributed by atoms with Gasteiger partial charge in [0.05, 0.1) is 5.41 Å². The fraction of sp³-hybridized carbons (Fsp3) is 0.650. The predicted octanol–water partition coefficient (Wildman–Crippen LogP) is 3.70. The number of ether oxygens (including phenoxy) is 1. The third-order valence-corrected chi connectivity index (χ3v) is 6.01. The van der Waals surface area contributed by atoms with Crippen LogP contribution in [0, 0.1) is 0 Å². The van der Waals surface area contributed by atoms with Crippen molar-refractivity contribution in [2.24, 2.45) is 0 Å².